The Kier molecular flexibility index (Phi) is 1.05. The van der Waals surface area contributed by atoms with Crippen LogP contribution in [0.5, 0.6) is 0 Å². The number of hydrogen-bond acceptors (Lipinski definition) is 2. The van der Waals surface area contributed by atoms with Crippen molar-refractivity contribution >= 4 is 0 Å². The summed E-state index contributed by atoms with van der Waals surface area (Å²) in [6, 6.07) is 0.389. The maximum atomic E-state index is 8.72. The highest BCUT2D eigenvalue weighted by atomic mass is 16.5. The molecule has 0 saturated carbocycles. The van der Waals surface area contributed by atoms with Crippen LogP contribution in [0.25, 0.3) is 0 Å². The van der Waals surface area contributed by atoms with Crippen LogP contribution >= 0.6 is 0 Å². The van der Waals surface area contributed by atoms with Crippen LogP contribution in [0, 0.1) is 5.92 Å². The van der Waals surface area contributed by atoms with Crippen molar-refractivity contribution in [3.8, 4) is 0 Å². The van der Waals surface area contributed by atoms with Crippen molar-refractivity contribution in [2.75, 3.05) is 6.54 Å². The zero-order valence-corrected chi connectivity index (χ0v) is 4.76. The van der Waals surface area contributed by atoms with E-state index in [1.54, 1.807) is 0 Å². The lowest BCUT2D eigenvalue weighted by Crippen LogP contribution is -2.50. The van der Waals surface area contributed by atoms with Crippen LogP contribution in [-0.2, 0) is 0 Å². The van der Waals surface area contributed by atoms with E-state index in [9.17, 15) is 0 Å². The van der Waals surface area contributed by atoms with Gasteiger partial charge in [0.15, 0.2) is 0 Å². The first-order chi connectivity index (χ1) is 3.22. The molecule has 2 nitrogen and oxygen atoms in total. The molecule has 1 saturated heterocycles. The average Bonchev–Trinajstić information content (AvgIpc) is 1.68. The second-order valence-corrected chi connectivity index (χ2v) is 2.34. The molecule has 0 aromatic heterocycles. The predicted molar refractivity (Wildman–Crippen MR) is 27.1 cm³/mol. The summed E-state index contributed by atoms with van der Waals surface area (Å²) in [5.41, 5.74) is 0. The second-order valence-electron chi connectivity index (χ2n) is 2.34. The van der Waals surface area contributed by atoms with E-state index in [0.29, 0.717) is 12.0 Å². The number of hydroxylamine groups is 2. The van der Waals surface area contributed by atoms with E-state index >= 15 is 0 Å². The molecule has 0 amide bonds. The normalized spacial score (nSPS) is 43.3. The molecule has 1 N–H and O–H groups in total. The highest BCUT2D eigenvalue weighted by molar-refractivity contribution is 4.78. The highest BCUT2D eigenvalue weighted by Crippen LogP contribution is 2.19. The molecule has 0 aliphatic carbocycles. The van der Waals surface area contributed by atoms with Crippen molar-refractivity contribution < 1.29 is 5.21 Å². The Morgan fingerprint density at radius 1 is 1.57 bits per heavy atom. The Labute approximate surface area is 43.7 Å². The number of nitrogens with zero attached hydrogens (tertiary/aromatic N) is 1. The highest BCUT2D eigenvalue weighted by Gasteiger charge is 2.29. The largest absolute Gasteiger partial charge is 0.314 e. The first-order valence-electron chi connectivity index (χ1n) is 2.67. The van der Waals surface area contributed by atoms with Gasteiger partial charge in [-0.2, -0.15) is 5.06 Å². The number of hydrogen-bond donors (Lipinski definition) is 1. The van der Waals surface area contributed by atoms with E-state index < -0.39 is 0 Å². The monoisotopic (exact) mass is 101 g/mol. The van der Waals surface area contributed by atoms with E-state index in [4.69, 9.17) is 5.21 Å². The van der Waals surface area contributed by atoms with Gasteiger partial charge in [-0.3, -0.25) is 0 Å². The molecule has 0 spiro atoms. The van der Waals surface area contributed by atoms with Gasteiger partial charge < -0.3 is 5.21 Å². The fraction of sp³-hybridized carbons (Fsp3) is 1.00. The van der Waals surface area contributed by atoms with Crippen molar-refractivity contribution in [1.82, 2.24) is 5.06 Å². The van der Waals surface area contributed by atoms with Crippen molar-refractivity contribution in [3.05, 3.63) is 0 Å². The van der Waals surface area contributed by atoms with E-state index in [1.807, 2.05) is 6.92 Å². The summed E-state index contributed by atoms with van der Waals surface area (Å²) < 4.78 is 0. The van der Waals surface area contributed by atoms with Crippen LogP contribution in [0.1, 0.15) is 13.8 Å². The Balaban J connectivity index is 2.29. The SMILES string of the molecule is CC1CN(O)C1C. The zero-order chi connectivity index (χ0) is 5.44. The van der Waals surface area contributed by atoms with Crippen molar-refractivity contribution in [2.45, 2.75) is 19.9 Å². The first kappa shape index (κ1) is 5.06. The molecule has 0 aromatic rings. The third-order valence-electron chi connectivity index (χ3n) is 1.77. The van der Waals surface area contributed by atoms with Crippen molar-refractivity contribution in [1.29, 1.82) is 0 Å². The molecule has 0 aromatic carbocycles. The smallest absolute Gasteiger partial charge is 0.0360 e. The van der Waals surface area contributed by atoms with Crippen LogP contribution in [0.15, 0.2) is 0 Å². The quantitative estimate of drug-likeness (QED) is 0.486. The molecule has 2 unspecified atom stereocenters. The minimum atomic E-state index is 0.389. The average molecular weight is 101 g/mol. The molecule has 2 heteroatoms. The van der Waals surface area contributed by atoms with E-state index in [-0.39, 0.29) is 0 Å². The van der Waals surface area contributed by atoms with Gasteiger partial charge in [0.1, 0.15) is 0 Å². The third kappa shape index (κ3) is 0.640. The Morgan fingerprint density at radius 3 is 2.14 bits per heavy atom. The van der Waals surface area contributed by atoms with Gasteiger partial charge in [0.05, 0.1) is 0 Å². The van der Waals surface area contributed by atoms with E-state index in [1.165, 1.54) is 5.06 Å². The first-order valence-corrected chi connectivity index (χ1v) is 2.67. The minimum Gasteiger partial charge on any atom is -0.314 e. The third-order valence-corrected chi connectivity index (χ3v) is 1.77. The Morgan fingerprint density at radius 2 is 2.14 bits per heavy atom. The van der Waals surface area contributed by atoms with Gasteiger partial charge in [0, 0.05) is 12.6 Å². The molecule has 1 fully saturated rings. The Bertz CT molecular complexity index is 66.5. The topological polar surface area (TPSA) is 23.5 Å². The van der Waals surface area contributed by atoms with E-state index in [2.05, 4.69) is 6.92 Å². The van der Waals surface area contributed by atoms with Gasteiger partial charge in [-0.1, -0.05) is 6.92 Å². The zero-order valence-electron chi connectivity index (χ0n) is 4.76. The maximum Gasteiger partial charge on any atom is 0.0360 e. The van der Waals surface area contributed by atoms with Gasteiger partial charge in [-0.25, -0.2) is 0 Å². The molecular weight excluding hydrogens is 90.1 g/mol. The molecule has 1 aliphatic heterocycles. The Hall–Kier alpha value is -0.0800. The molecular formula is C5H11NO. The summed E-state index contributed by atoms with van der Waals surface area (Å²) in [6.45, 7) is 5.01. The summed E-state index contributed by atoms with van der Waals surface area (Å²) in [4.78, 5) is 0. The molecule has 2 atom stereocenters. The molecule has 1 aliphatic rings. The van der Waals surface area contributed by atoms with Crippen LogP contribution in [0.4, 0.5) is 0 Å². The molecule has 1 rings (SSSR count). The van der Waals surface area contributed by atoms with Gasteiger partial charge in [0.25, 0.3) is 0 Å². The predicted octanol–water partition coefficient (Wildman–Crippen LogP) is 0.716. The van der Waals surface area contributed by atoms with Gasteiger partial charge in [-0.05, 0) is 12.8 Å². The second kappa shape index (κ2) is 1.46. The minimum absolute atomic E-state index is 0.389. The lowest BCUT2D eigenvalue weighted by atomic mass is 9.95. The molecule has 0 bridgehead atoms. The lowest BCUT2D eigenvalue weighted by Gasteiger charge is -2.39. The van der Waals surface area contributed by atoms with Crippen molar-refractivity contribution in [2.24, 2.45) is 5.92 Å². The molecule has 0 radical (unpaired) electrons. The number of rotatable bonds is 0. The lowest BCUT2D eigenvalue weighted by molar-refractivity contribution is -0.204. The molecule has 42 valence electrons. The van der Waals surface area contributed by atoms with Gasteiger partial charge >= 0.3 is 0 Å². The van der Waals surface area contributed by atoms with Crippen molar-refractivity contribution in [3.63, 3.8) is 0 Å². The summed E-state index contributed by atoms with van der Waals surface area (Å²) in [7, 11) is 0. The van der Waals surface area contributed by atoms with Crippen LogP contribution in [-0.4, -0.2) is 22.9 Å². The molecule has 1 heterocycles. The van der Waals surface area contributed by atoms with E-state index in [0.717, 1.165) is 6.54 Å². The standard InChI is InChI=1S/C5H11NO/c1-4-3-6(7)5(4)2/h4-5,7H,3H2,1-2H3. The fourth-order valence-electron chi connectivity index (χ4n) is 0.770. The summed E-state index contributed by atoms with van der Waals surface area (Å²) in [5.74, 6) is 0.685. The van der Waals surface area contributed by atoms with Gasteiger partial charge in [-0.15, -0.1) is 0 Å². The van der Waals surface area contributed by atoms with Gasteiger partial charge in [0.2, 0.25) is 0 Å². The molecule has 7 heavy (non-hydrogen) atoms. The van der Waals surface area contributed by atoms with Crippen LogP contribution in [0.2, 0.25) is 0 Å². The maximum absolute atomic E-state index is 8.72. The fourth-order valence-corrected chi connectivity index (χ4v) is 0.770. The van der Waals surface area contributed by atoms with Crippen LogP contribution < -0.4 is 0 Å². The van der Waals surface area contributed by atoms with Crippen LogP contribution in [0.3, 0.4) is 0 Å². The summed E-state index contributed by atoms with van der Waals surface area (Å²) in [5, 5.41) is 10.1. The summed E-state index contributed by atoms with van der Waals surface area (Å²) in [6.07, 6.45) is 0. The summed E-state index contributed by atoms with van der Waals surface area (Å²) >= 11 is 0.